The van der Waals surface area contributed by atoms with Crippen LogP contribution in [0.15, 0.2) is 0 Å². The van der Waals surface area contributed by atoms with Crippen LogP contribution in [0.1, 0.15) is 25.7 Å². The van der Waals surface area contributed by atoms with Gasteiger partial charge in [0.15, 0.2) is 0 Å². The first-order valence-electron chi connectivity index (χ1n) is 8.15. The number of piperidine rings is 1. The molecule has 0 aliphatic carbocycles. The molecule has 0 spiro atoms. The van der Waals surface area contributed by atoms with Crippen LogP contribution in [0.3, 0.4) is 0 Å². The number of carbonyl (C=O) groups is 2. The second-order valence-electron chi connectivity index (χ2n) is 6.44. The first-order valence-corrected chi connectivity index (χ1v) is 8.15. The van der Waals surface area contributed by atoms with Crippen LogP contribution in [0.5, 0.6) is 0 Å². The summed E-state index contributed by atoms with van der Waals surface area (Å²) in [6.07, 6.45) is 4.20. The maximum absolute atomic E-state index is 12.1. The number of urea groups is 1. The molecule has 0 saturated carbocycles. The number of quaternary nitrogens is 1. The highest BCUT2D eigenvalue weighted by atomic mass is 16.2. The topological polar surface area (TPSA) is 57.1 Å². The number of carbonyl (C=O) groups excluding carboxylic acids is 2. The molecule has 2 aliphatic heterocycles. The van der Waals surface area contributed by atoms with Gasteiger partial charge in [-0.3, -0.25) is 4.79 Å². The zero-order valence-electron chi connectivity index (χ0n) is 13.4. The van der Waals surface area contributed by atoms with Gasteiger partial charge in [-0.05, 0) is 12.8 Å². The van der Waals surface area contributed by atoms with Crippen LogP contribution in [0.2, 0.25) is 0 Å². The molecule has 3 amide bonds. The third-order valence-corrected chi connectivity index (χ3v) is 4.61. The van der Waals surface area contributed by atoms with E-state index in [0.29, 0.717) is 13.1 Å². The zero-order valence-corrected chi connectivity index (χ0v) is 13.4. The third kappa shape index (κ3) is 4.59. The summed E-state index contributed by atoms with van der Waals surface area (Å²) in [6.45, 7) is 5.70. The van der Waals surface area contributed by atoms with Crippen molar-refractivity contribution in [1.29, 1.82) is 0 Å². The van der Waals surface area contributed by atoms with Crippen molar-refractivity contribution >= 4 is 11.9 Å². The van der Waals surface area contributed by atoms with Gasteiger partial charge in [0.05, 0.1) is 26.2 Å². The van der Waals surface area contributed by atoms with E-state index >= 15 is 0 Å². The summed E-state index contributed by atoms with van der Waals surface area (Å²) in [5, 5.41) is 3.07. The Hall–Kier alpha value is -1.30. The average molecular weight is 297 g/mol. The van der Waals surface area contributed by atoms with E-state index < -0.39 is 0 Å². The molecule has 0 atom stereocenters. The number of likely N-dealkylation sites (tertiary alicyclic amines) is 2. The Bertz CT molecular complexity index is 359. The maximum atomic E-state index is 12.1. The number of amides is 3. The number of nitrogens with one attached hydrogen (secondary N) is 2. The molecule has 0 radical (unpaired) electrons. The lowest BCUT2D eigenvalue weighted by Gasteiger charge is -2.33. The molecule has 2 fully saturated rings. The summed E-state index contributed by atoms with van der Waals surface area (Å²) in [4.78, 5) is 29.0. The van der Waals surface area contributed by atoms with Crippen molar-refractivity contribution in [3.8, 4) is 0 Å². The van der Waals surface area contributed by atoms with Crippen LogP contribution in [0.4, 0.5) is 4.79 Å². The smallest absolute Gasteiger partial charge is 0.319 e. The Balaban J connectivity index is 1.64. The van der Waals surface area contributed by atoms with Crippen molar-refractivity contribution in [1.82, 2.24) is 15.1 Å². The number of hydrogen-bond donors (Lipinski definition) is 2. The van der Waals surface area contributed by atoms with Gasteiger partial charge < -0.3 is 20.0 Å². The van der Waals surface area contributed by atoms with Crippen LogP contribution < -0.4 is 10.2 Å². The standard InChI is InChI=1S/C15H28N4O2/c1-17(2)15(21)19-10-5-13(6-11-19)14(20)16-7-12-18-8-3-4-9-18/h13H,3-12H2,1-2H3,(H,16,20)/p+1. The predicted molar refractivity (Wildman–Crippen MR) is 81.2 cm³/mol. The molecule has 2 N–H and O–H groups in total. The normalized spacial score (nSPS) is 20.6. The van der Waals surface area contributed by atoms with E-state index in [1.54, 1.807) is 23.9 Å². The predicted octanol–water partition coefficient (Wildman–Crippen LogP) is -0.825. The third-order valence-electron chi connectivity index (χ3n) is 4.61. The fourth-order valence-electron chi connectivity index (χ4n) is 3.25. The molecule has 21 heavy (non-hydrogen) atoms. The van der Waals surface area contributed by atoms with Gasteiger partial charge in [-0.2, -0.15) is 0 Å². The number of nitrogens with zero attached hydrogens (tertiary/aromatic N) is 2. The Morgan fingerprint density at radius 3 is 2.38 bits per heavy atom. The molecule has 120 valence electrons. The molecule has 0 bridgehead atoms. The van der Waals surface area contributed by atoms with Crippen molar-refractivity contribution < 1.29 is 14.5 Å². The molecule has 0 unspecified atom stereocenters. The second-order valence-corrected chi connectivity index (χ2v) is 6.44. The lowest BCUT2D eigenvalue weighted by molar-refractivity contribution is -0.886. The quantitative estimate of drug-likeness (QED) is 0.712. The van der Waals surface area contributed by atoms with Crippen LogP contribution >= 0.6 is 0 Å². The van der Waals surface area contributed by atoms with Crippen LogP contribution in [-0.2, 0) is 4.79 Å². The molecule has 2 heterocycles. The monoisotopic (exact) mass is 297 g/mol. The molecular formula is C15H29N4O2+. The zero-order chi connectivity index (χ0) is 15.2. The lowest BCUT2D eigenvalue weighted by atomic mass is 9.96. The van der Waals surface area contributed by atoms with Gasteiger partial charge >= 0.3 is 6.03 Å². The van der Waals surface area contributed by atoms with E-state index in [4.69, 9.17) is 0 Å². The van der Waals surface area contributed by atoms with Crippen LogP contribution in [-0.4, -0.2) is 75.1 Å². The first kappa shape index (κ1) is 16.1. The molecule has 2 rings (SSSR count). The van der Waals surface area contributed by atoms with Gasteiger partial charge in [0, 0.05) is 45.9 Å². The van der Waals surface area contributed by atoms with E-state index in [2.05, 4.69) is 5.32 Å². The minimum absolute atomic E-state index is 0.0477. The van der Waals surface area contributed by atoms with E-state index in [1.165, 1.54) is 25.9 Å². The highest BCUT2D eigenvalue weighted by Crippen LogP contribution is 2.17. The molecule has 0 aromatic heterocycles. The first-order chi connectivity index (χ1) is 10.1. The maximum Gasteiger partial charge on any atom is 0.319 e. The summed E-state index contributed by atoms with van der Waals surface area (Å²) in [6, 6.07) is 0.0477. The number of rotatable bonds is 4. The molecule has 2 aliphatic rings. The van der Waals surface area contributed by atoms with Crippen molar-refractivity contribution in [3.05, 3.63) is 0 Å². The molecular weight excluding hydrogens is 268 g/mol. The molecule has 6 heteroatoms. The van der Waals surface area contributed by atoms with Crippen LogP contribution in [0.25, 0.3) is 0 Å². The second kappa shape index (κ2) is 7.64. The Morgan fingerprint density at radius 2 is 1.81 bits per heavy atom. The fraction of sp³-hybridized carbons (Fsp3) is 0.867. The van der Waals surface area contributed by atoms with Crippen molar-refractivity contribution in [2.45, 2.75) is 25.7 Å². The van der Waals surface area contributed by atoms with Crippen molar-refractivity contribution in [3.63, 3.8) is 0 Å². The van der Waals surface area contributed by atoms with Gasteiger partial charge in [0.2, 0.25) is 5.91 Å². The van der Waals surface area contributed by atoms with Gasteiger partial charge in [-0.1, -0.05) is 0 Å². The summed E-state index contributed by atoms with van der Waals surface area (Å²) >= 11 is 0. The highest BCUT2D eigenvalue weighted by Gasteiger charge is 2.28. The lowest BCUT2D eigenvalue weighted by Crippen LogP contribution is -3.10. The molecule has 0 aromatic carbocycles. The van der Waals surface area contributed by atoms with Crippen molar-refractivity contribution in [2.75, 3.05) is 53.4 Å². The summed E-state index contributed by atoms with van der Waals surface area (Å²) in [5.74, 6) is 0.246. The Labute approximate surface area is 127 Å². The van der Waals surface area contributed by atoms with E-state index in [9.17, 15) is 9.59 Å². The number of hydrogen-bond acceptors (Lipinski definition) is 2. The summed E-state index contributed by atoms with van der Waals surface area (Å²) in [5.41, 5.74) is 0. The minimum Gasteiger partial charge on any atom is -0.350 e. The molecule has 0 aromatic rings. The van der Waals surface area contributed by atoms with Gasteiger partial charge in [-0.25, -0.2) is 4.79 Å². The van der Waals surface area contributed by atoms with Crippen molar-refractivity contribution in [2.24, 2.45) is 5.92 Å². The van der Waals surface area contributed by atoms with Gasteiger partial charge in [0.25, 0.3) is 0 Å². The Morgan fingerprint density at radius 1 is 1.19 bits per heavy atom. The Kier molecular flexibility index (Phi) is 5.85. The van der Waals surface area contributed by atoms with Gasteiger partial charge in [-0.15, -0.1) is 0 Å². The molecule has 6 nitrogen and oxygen atoms in total. The average Bonchev–Trinajstić information content (AvgIpc) is 2.99. The van der Waals surface area contributed by atoms with Gasteiger partial charge in [0.1, 0.15) is 0 Å². The largest absolute Gasteiger partial charge is 0.350 e. The minimum atomic E-state index is 0.0477. The fourth-order valence-corrected chi connectivity index (χ4v) is 3.25. The molecule has 2 saturated heterocycles. The van der Waals surface area contributed by atoms with E-state index in [-0.39, 0.29) is 17.9 Å². The van der Waals surface area contributed by atoms with E-state index in [0.717, 1.165) is 25.9 Å². The SMILES string of the molecule is CN(C)C(=O)N1CCC(C(=O)NCC[NH+]2CCCC2)CC1. The summed E-state index contributed by atoms with van der Waals surface area (Å²) in [7, 11) is 3.53. The summed E-state index contributed by atoms with van der Waals surface area (Å²) < 4.78 is 0. The van der Waals surface area contributed by atoms with Crippen LogP contribution in [0, 0.1) is 5.92 Å². The highest BCUT2D eigenvalue weighted by molar-refractivity contribution is 5.79. The van der Waals surface area contributed by atoms with E-state index in [1.807, 2.05) is 4.90 Å².